The molecule has 0 saturated carbocycles. The van der Waals surface area contributed by atoms with Gasteiger partial charge in [0.15, 0.2) is 10.8 Å². The lowest BCUT2D eigenvalue weighted by Gasteiger charge is -2.09. The molecule has 24 heavy (non-hydrogen) atoms. The van der Waals surface area contributed by atoms with Gasteiger partial charge in [0.05, 0.1) is 10.6 Å². The maximum atomic E-state index is 12.4. The highest BCUT2D eigenvalue weighted by molar-refractivity contribution is 7.99. The highest BCUT2D eigenvalue weighted by atomic mass is 32.2. The molecule has 0 aromatic carbocycles. The second-order valence-electron chi connectivity index (χ2n) is 5.59. The molecule has 0 aliphatic heterocycles. The Morgan fingerprint density at radius 1 is 1.29 bits per heavy atom. The van der Waals surface area contributed by atoms with E-state index in [0.717, 1.165) is 26.1 Å². The summed E-state index contributed by atoms with van der Waals surface area (Å²) >= 11 is 3.08. The normalized spacial score (nSPS) is 13.0. The van der Waals surface area contributed by atoms with E-state index in [2.05, 4.69) is 20.2 Å². The molecular weight excluding hydrogens is 342 g/mol. The SMILES string of the molecule is Cc1sc2nc(C(C)Sc3nnc4ccccn34)[nH]c(=O)c2c1C. The molecule has 1 N–H and O–H groups in total. The first-order valence-electron chi connectivity index (χ1n) is 7.51. The van der Waals surface area contributed by atoms with Crippen LogP contribution in [0.25, 0.3) is 15.9 Å². The molecule has 6 nitrogen and oxygen atoms in total. The lowest BCUT2D eigenvalue weighted by Crippen LogP contribution is -2.12. The largest absolute Gasteiger partial charge is 0.309 e. The third-order valence-corrected chi connectivity index (χ3v) is 6.17. The fourth-order valence-corrected chi connectivity index (χ4v) is 4.51. The number of pyridine rings is 1. The van der Waals surface area contributed by atoms with Crippen LogP contribution in [0.3, 0.4) is 0 Å². The van der Waals surface area contributed by atoms with Gasteiger partial charge in [-0.3, -0.25) is 9.20 Å². The number of thiophene rings is 1. The van der Waals surface area contributed by atoms with Crippen LogP contribution in [-0.4, -0.2) is 24.6 Å². The summed E-state index contributed by atoms with van der Waals surface area (Å²) in [5.41, 5.74) is 1.74. The van der Waals surface area contributed by atoms with Crippen molar-refractivity contribution in [2.75, 3.05) is 0 Å². The van der Waals surface area contributed by atoms with E-state index in [9.17, 15) is 4.79 Å². The minimum Gasteiger partial charge on any atom is -0.309 e. The van der Waals surface area contributed by atoms with E-state index in [4.69, 9.17) is 0 Å². The highest BCUT2D eigenvalue weighted by Crippen LogP contribution is 2.33. The number of aryl methyl sites for hydroxylation is 2. The number of nitrogens with zero attached hydrogens (tertiary/aromatic N) is 4. The molecule has 0 amide bonds. The van der Waals surface area contributed by atoms with Gasteiger partial charge in [-0.2, -0.15) is 0 Å². The van der Waals surface area contributed by atoms with Crippen LogP contribution < -0.4 is 5.56 Å². The number of hydrogen-bond acceptors (Lipinski definition) is 6. The number of aromatic nitrogens is 5. The van der Waals surface area contributed by atoms with Gasteiger partial charge in [0.25, 0.3) is 5.56 Å². The van der Waals surface area contributed by atoms with E-state index in [0.29, 0.717) is 11.2 Å². The number of hydrogen-bond donors (Lipinski definition) is 1. The van der Waals surface area contributed by atoms with E-state index >= 15 is 0 Å². The summed E-state index contributed by atoms with van der Waals surface area (Å²) in [4.78, 5) is 21.9. The zero-order valence-corrected chi connectivity index (χ0v) is 15.0. The van der Waals surface area contributed by atoms with Crippen molar-refractivity contribution in [3.63, 3.8) is 0 Å². The first kappa shape index (κ1) is 15.3. The Morgan fingerprint density at radius 3 is 2.96 bits per heavy atom. The van der Waals surface area contributed by atoms with Crippen molar-refractivity contribution in [1.29, 1.82) is 0 Å². The molecule has 8 heteroatoms. The molecule has 4 heterocycles. The van der Waals surface area contributed by atoms with Gasteiger partial charge >= 0.3 is 0 Å². The standard InChI is InChI=1S/C16H15N5OS2/c1-8-9(2)23-15-12(8)14(22)17-13(18-15)10(3)24-16-20-19-11-6-4-5-7-21(11)16/h4-7,10H,1-3H3,(H,17,18,22). The van der Waals surface area contributed by atoms with E-state index in [1.165, 1.54) is 11.8 Å². The molecule has 0 spiro atoms. The van der Waals surface area contributed by atoms with Gasteiger partial charge in [0, 0.05) is 11.1 Å². The van der Waals surface area contributed by atoms with Crippen LogP contribution in [0.2, 0.25) is 0 Å². The van der Waals surface area contributed by atoms with Crippen molar-refractivity contribution in [3.05, 3.63) is 51.0 Å². The molecule has 0 saturated heterocycles. The predicted molar refractivity (Wildman–Crippen MR) is 97.0 cm³/mol. The number of fused-ring (bicyclic) bond motifs is 2. The third-order valence-electron chi connectivity index (χ3n) is 4.01. The minimum atomic E-state index is -0.0737. The van der Waals surface area contributed by atoms with Crippen LogP contribution >= 0.6 is 23.1 Å². The van der Waals surface area contributed by atoms with Gasteiger partial charge in [-0.05, 0) is 38.5 Å². The highest BCUT2D eigenvalue weighted by Gasteiger charge is 2.18. The Bertz CT molecular complexity index is 1110. The molecule has 0 bridgehead atoms. The first-order valence-corrected chi connectivity index (χ1v) is 9.20. The second-order valence-corrected chi connectivity index (χ2v) is 8.10. The molecule has 1 unspecified atom stereocenters. The maximum Gasteiger partial charge on any atom is 0.259 e. The summed E-state index contributed by atoms with van der Waals surface area (Å²) in [6.07, 6.45) is 1.93. The van der Waals surface area contributed by atoms with Gasteiger partial charge < -0.3 is 4.98 Å². The van der Waals surface area contributed by atoms with Crippen molar-refractivity contribution in [2.45, 2.75) is 31.2 Å². The average molecular weight is 357 g/mol. The summed E-state index contributed by atoms with van der Waals surface area (Å²) in [6.45, 7) is 5.98. The van der Waals surface area contributed by atoms with Crippen LogP contribution in [0, 0.1) is 13.8 Å². The third kappa shape index (κ3) is 2.42. The smallest absolute Gasteiger partial charge is 0.259 e. The Hall–Kier alpha value is -2.19. The van der Waals surface area contributed by atoms with E-state index < -0.39 is 0 Å². The number of rotatable bonds is 3. The monoisotopic (exact) mass is 357 g/mol. The maximum absolute atomic E-state index is 12.4. The number of nitrogens with one attached hydrogen (secondary N) is 1. The molecule has 122 valence electrons. The molecular formula is C16H15N5OS2. The van der Waals surface area contributed by atoms with Gasteiger partial charge in [-0.1, -0.05) is 17.8 Å². The van der Waals surface area contributed by atoms with E-state index in [1.54, 1.807) is 11.3 Å². The van der Waals surface area contributed by atoms with Gasteiger partial charge in [-0.15, -0.1) is 21.5 Å². The summed E-state index contributed by atoms with van der Waals surface area (Å²) < 4.78 is 1.93. The van der Waals surface area contributed by atoms with E-state index in [1.807, 2.05) is 49.6 Å². The zero-order chi connectivity index (χ0) is 16.8. The Morgan fingerprint density at radius 2 is 2.12 bits per heavy atom. The molecule has 4 rings (SSSR count). The number of aromatic amines is 1. The van der Waals surface area contributed by atoms with Crippen molar-refractivity contribution in [2.24, 2.45) is 0 Å². The second kappa shape index (κ2) is 5.71. The van der Waals surface area contributed by atoms with Crippen LogP contribution in [0.4, 0.5) is 0 Å². The Balaban J connectivity index is 1.73. The molecule has 4 aromatic heterocycles. The fourth-order valence-electron chi connectivity index (χ4n) is 2.58. The summed E-state index contributed by atoms with van der Waals surface area (Å²) in [7, 11) is 0. The van der Waals surface area contributed by atoms with Crippen molar-refractivity contribution in [1.82, 2.24) is 24.6 Å². The topological polar surface area (TPSA) is 75.9 Å². The van der Waals surface area contributed by atoms with Crippen LogP contribution in [0.5, 0.6) is 0 Å². The van der Waals surface area contributed by atoms with Gasteiger partial charge in [0.2, 0.25) is 0 Å². The molecule has 0 aliphatic carbocycles. The molecule has 1 atom stereocenters. The van der Waals surface area contributed by atoms with Crippen molar-refractivity contribution in [3.8, 4) is 0 Å². The predicted octanol–water partition coefficient (Wildman–Crippen LogP) is 3.50. The van der Waals surface area contributed by atoms with E-state index in [-0.39, 0.29) is 10.8 Å². The fraction of sp³-hybridized carbons (Fsp3) is 0.250. The Kier molecular flexibility index (Phi) is 3.65. The first-order chi connectivity index (χ1) is 11.5. The van der Waals surface area contributed by atoms with Gasteiger partial charge in [-0.25, -0.2) is 4.98 Å². The lowest BCUT2D eigenvalue weighted by atomic mass is 10.2. The average Bonchev–Trinajstić information content (AvgIpc) is 3.09. The number of H-pyrrole nitrogens is 1. The minimum absolute atomic E-state index is 0.0441. The molecule has 4 aromatic rings. The zero-order valence-electron chi connectivity index (χ0n) is 13.4. The summed E-state index contributed by atoms with van der Waals surface area (Å²) in [5, 5.41) is 9.81. The quantitative estimate of drug-likeness (QED) is 0.568. The summed E-state index contributed by atoms with van der Waals surface area (Å²) in [6, 6.07) is 5.77. The molecule has 0 fully saturated rings. The van der Waals surface area contributed by atoms with Crippen molar-refractivity contribution >= 4 is 39.0 Å². The van der Waals surface area contributed by atoms with Crippen LogP contribution in [0.1, 0.15) is 28.4 Å². The molecule has 0 radical (unpaired) electrons. The Labute approximate surface area is 146 Å². The summed E-state index contributed by atoms with van der Waals surface area (Å²) in [5.74, 6) is 0.659. The lowest BCUT2D eigenvalue weighted by molar-refractivity contribution is 0.884. The van der Waals surface area contributed by atoms with Crippen LogP contribution in [-0.2, 0) is 0 Å². The van der Waals surface area contributed by atoms with Crippen LogP contribution in [0.15, 0.2) is 34.3 Å². The molecule has 0 aliphatic rings. The number of thioether (sulfide) groups is 1. The van der Waals surface area contributed by atoms with Crippen molar-refractivity contribution < 1.29 is 0 Å². The van der Waals surface area contributed by atoms with Gasteiger partial charge in [0.1, 0.15) is 10.7 Å².